The molecule has 1 aliphatic heterocycles. The largest absolute Gasteiger partial charge is 0.525 e. The molecule has 7 nitrogen and oxygen atoms in total. The van der Waals surface area contributed by atoms with Crippen LogP contribution in [-0.4, -0.2) is 57.1 Å². The van der Waals surface area contributed by atoms with Crippen molar-refractivity contribution < 1.29 is 32.3 Å². The number of nitrogens with one attached hydrogen (secondary N) is 1. The van der Waals surface area contributed by atoms with Gasteiger partial charge in [-0.3, -0.25) is 10.00 Å². The minimum atomic E-state index is -4.49. The van der Waals surface area contributed by atoms with E-state index in [9.17, 15) is 27.5 Å². The van der Waals surface area contributed by atoms with Crippen molar-refractivity contribution in [3.8, 4) is 11.3 Å². The Labute approximate surface area is 211 Å². The molecule has 198 valence electrons. The quantitative estimate of drug-likeness (QED) is 0.404. The van der Waals surface area contributed by atoms with Crippen molar-refractivity contribution in [2.75, 3.05) is 19.6 Å². The molecule has 0 bridgehead atoms. The zero-order valence-electron chi connectivity index (χ0n) is 20.6. The second-order valence-corrected chi connectivity index (χ2v) is 10.1. The molecule has 1 aromatic heterocycles. The first-order valence-corrected chi connectivity index (χ1v) is 11.7. The van der Waals surface area contributed by atoms with Crippen LogP contribution in [-0.2, 0) is 11.0 Å². The molecule has 11 heteroatoms. The van der Waals surface area contributed by atoms with Crippen LogP contribution in [0, 0.1) is 11.2 Å². The fourth-order valence-electron chi connectivity index (χ4n) is 4.76. The second kappa shape index (κ2) is 10.1. The lowest BCUT2D eigenvalue weighted by molar-refractivity contribution is -0.195. The van der Waals surface area contributed by atoms with Crippen LogP contribution >= 0.6 is 0 Å². The third kappa shape index (κ3) is 5.78. The average Bonchev–Trinajstić information content (AvgIpc) is 3.28. The van der Waals surface area contributed by atoms with E-state index in [1.807, 2.05) is 25.7 Å². The van der Waals surface area contributed by atoms with E-state index in [-0.39, 0.29) is 18.2 Å². The van der Waals surface area contributed by atoms with Crippen LogP contribution in [0.2, 0.25) is 0 Å². The summed E-state index contributed by atoms with van der Waals surface area (Å²) in [4.78, 5) is 18.4. The summed E-state index contributed by atoms with van der Waals surface area (Å²) in [5, 5.41) is 17.6. The molecule has 0 radical (unpaired) electrons. The van der Waals surface area contributed by atoms with Gasteiger partial charge in [0.2, 0.25) is 0 Å². The van der Waals surface area contributed by atoms with Crippen molar-refractivity contribution in [3.05, 3.63) is 77.2 Å². The van der Waals surface area contributed by atoms with E-state index in [1.54, 1.807) is 24.4 Å². The Kier molecular flexibility index (Phi) is 7.29. The topological polar surface area (TPSA) is 81.7 Å². The summed E-state index contributed by atoms with van der Waals surface area (Å²) in [6, 6.07) is 10.1. The molecule has 2 unspecified atom stereocenters. The lowest BCUT2D eigenvalue weighted by atomic mass is 9.84. The third-order valence-electron chi connectivity index (χ3n) is 6.58. The number of piperazine rings is 1. The van der Waals surface area contributed by atoms with Gasteiger partial charge in [-0.1, -0.05) is 45.0 Å². The van der Waals surface area contributed by atoms with Gasteiger partial charge in [-0.2, -0.15) is 18.3 Å². The number of carbonyl (C=O) groups is 1. The number of rotatable bonds is 5. The Bertz CT molecular complexity index is 1240. The maximum Gasteiger partial charge on any atom is 0.525 e. The highest BCUT2D eigenvalue weighted by atomic mass is 19.4. The molecule has 2 N–H and O–H groups in total. The van der Waals surface area contributed by atoms with E-state index in [0.29, 0.717) is 29.9 Å². The fraction of sp³-hybridized carbons (Fsp3) is 0.385. The molecule has 4 rings (SSSR count). The van der Waals surface area contributed by atoms with Crippen LogP contribution in [0.5, 0.6) is 0 Å². The number of H-pyrrole nitrogens is 1. The van der Waals surface area contributed by atoms with Crippen molar-refractivity contribution in [2.24, 2.45) is 5.41 Å². The summed E-state index contributed by atoms with van der Waals surface area (Å²) in [5.41, 5.74) is 0.677. The van der Waals surface area contributed by atoms with Crippen LogP contribution in [0.25, 0.3) is 11.3 Å². The molecule has 0 aliphatic carbocycles. The summed E-state index contributed by atoms with van der Waals surface area (Å²) >= 11 is 0. The number of nitrogens with zero attached hydrogens (tertiary/aromatic N) is 3. The van der Waals surface area contributed by atoms with Gasteiger partial charge in [0.15, 0.2) is 0 Å². The van der Waals surface area contributed by atoms with E-state index in [1.165, 1.54) is 23.3 Å². The summed E-state index contributed by atoms with van der Waals surface area (Å²) in [6.45, 7) is 6.77. The van der Waals surface area contributed by atoms with Crippen LogP contribution < -0.4 is 0 Å². The van der Waals surface area contributed by atoms with Crippen molar-refractivity contribution in [2.45, 2.75) is 39.0 Å². The summed E-state index contributed by atoms with van der Waals surface area (Å²) in [7, 11) is 0. The first-order valence-electron chi connectivity index (χ1n) is 11.7. The number of hydroxylamine groups is 2. The number of benzene rings is 2. The minimum Gasteiger partial charge on any atom is -0.448 e. The number of carboxylic acid groups (broad SMARTS) is 1. The van der Waals surface area contributed by atoms with E-state index in [0.717, 1.165) is 12.1 Å². The minimum absolute atomic E-state index is 0.234. The van der Waals surface area contributed by atoms with Gasteiger partial charge in [-0.25, -0.2) is 9.18 Å². The molecule has 0 amide bonds. The molecule has 37 heavy (non-hydrogen) atoms. The lowest BCUT2D eigenvalue weighted by Crippen LogP contribution is -2.58. The molecule has 2 atom stereocenters. The van der Waals surface area contributed by atoms with Gasteiger partial charge >= 0.3 is 12.3 Å². The van der Waals surface area contributed by atoms with Crippen molar-refractivity contribution >= 4 is 6.16 Å². The molecule has 3 aromatic rings. The van der Waals surface area contributed by atoms with Gasteiger partial charge in [0.05, 0.1) is 29.5 Å². The predicted octanol–water partition coefficient (Wildman–Crippen LogP) is 5.97. The van der Waals surface area contributed by atoms with Gasteiger partial charge < -0.3 is 9.94 Å². The Morgan fingerprint density at radius 1 is 1.11 bits per heavy atom. The Morgan fingerprint density at radius 2 is 1.78 bits per heavy atom. The molecule has 0 saturated carbocycles. The van der Waals surface area contributed by atoms with Crippen LogP contribution in [0.1, 0.15) is 43.5 Å². The summed E-state index contributed by atoms with van der Waals surface area (Å²) in [5.74, 6) is -0.466. The molecule has 2 heterocycles. The van der Waals surface area contributed by atoms with Crippen LogP contribution in [0.15, 0.2) is 54.7 Å². The number of aromatic amines is 1. The van der Waals surface area contributed by atoms with Gasteiger partial charge in [-0.05, 0) is 35.2 Å². The number of aromatic nitrogens is 2. The van der Waals surface area contributed by atoms with Gasteiger partial charge in [-0.15, -0.1) is 5.06 Å². The number of hydrogen-bond donors (Lipinski definition) is 2. The highest BCUT2D eigenvalue weighted by Crippen LogP contribution is 2.39. The van der Waals surface area contributed by atoms with Crippen molar-refractivity contribution in [3.63, 3.8) is 0 Å². The van der Waals surface area contributed by atoms with E-state index in [2.05, 4.69) is 10.2 Å². The van der Waals surface area contributed by atoms with E-state index in [4.69, 9.17) is 4.84 Å². The van der Waals surface area contributed by atoms with E-state index >= 15 is 0 Å². The van der Waals surface area contributed by atoms with Crippen molar-refractivity contribution in [1.82, 2.24) is 20.2 Å². The molecule has 1 saturated heterocycles. The zero-order chi connectivity index (χ0) is 27.0. The second-order valence-electron chi connectivity index (χ2n) is 10.1. The Balaban J connectivity index is 1.80. The highest BCUT2D eigenvalue weighted by Gasteiger charge is 2.41. The monoisotopic (exact) mass is 520 g/mol. The molecular weight excluding hydrogens is 492 g/mol. The number of hydrogen-bond acceptors (Lipinski definition) is 5. The maximum absolute atomic E-state index is 14.8. The third-order valence-corrected chi connectivity index (χ3v) is 6.58. The van der Waals surface area contributed by atoms with Gasteiger partial charge in [0, 0.05) is 30.8 Å². The first-order chi connectivity index (χ1) is 17.4. The van der Waals surface area contributed by atoms with Gasteiger partial charge in [0.25, 0.3) is 0 Å². The number of alkyl halides is 3. The lowest BCUT2D eigenvalue weighted by Gasteiger charge is -2.47. The standard InChI is InChI=1S/C26H28F4N4O3/c1-25(2,3)21-15-33(12-13-34(21)37-24(35)36)23(16-8-10-17(11-9-16)26(28,29)30)19-14-31-32-22(19)18-6-4-5-7-20(18)27/h4-11,14,21,23H,12-13,15H2,1-3H3,(H,31,32)(H,35,36). The molecule has 2 aromatic carbocycles. The molecule has 1 fully saturated rings. The van der Waals surface area contributed by atoms with Crippen LogP contribution in [0.3, 0.4) is 0 Å². The zero-order valence-corrected chi connectivity index (χ0v) is 20.6. The average molecular weight is 521 g/mol. The van der Waals surface area contributed by atoms with Gasteiger partial charge in [0.1, 0.15) is 5.82 Å². The molecule has 0 spiro atoms. The van der Waals surface area contributed by atoms with Crippen molar-refractivity contribution in [1.29, 1.82) is 0 Å². The SMILES string of the molecule is CC(C)(C)C1CN(C(c2ccc(C(F)(F)F)cc2)c2cn[nH]c2-c2ccccc2F)CCN1OC(=O)O. The Morgan fingerprint density at radius 3 is 2.38 bits per heavy atom. The summed E-state index contributed by atoms with van der Waals surface area (Å²) < 4.78 is 54.6. The maximum atomic E-state index is 14.8. The highest BCUT2D eigenvalue weighted by molar-refractivity contribution is 5.65. The first kappa shape index (κ1) is 26.6. The Hall–Kier alpha value is -3.44. The summed E-state index contributed by atoms with van der Waals surface area (Å²) in [6.07, 6.45) is -4.35. The smallest absolute Gasteiger partial charge is 0.448 e. The predicted molar refractivity (Wildman–Crippen MR) is 128 cm³/mol. The molecular formula is C26H28F4N4O3. The van der Waals surface area contributed by atoms with E-state index < -0.39 is 35.2 Å². The van der Waals surface area contributed by atoms with Crippen LogP contribution in [0.4, 0.5) is 22.4 Å². The molecule has 1 aliphatic rings. The fourth-order valence-corrected chi connectivity index (χ4v) is 4.76. The number of halogens is 4. The normalized spacial score (nSPS) is 18.5.